The van der Waals surface area contributed by atoms with E-state index in [1.165, 1.54) is 26.3 Å². The van der Waals surface area contributed by atoms with Gasteiger partial charge in [0.05, 0.1) is 13.2 Å². The molecule has 0 radical (unpaired) electrons. The number of nitrogens with zero attached hydrogens (tertiary/aromatic N) is 2. The number of methoxy groups -OCH3 is 1. The Balaban J connectivity index is 1.63. The second-order valence-corrected chi connectivity index (χ2v) is 7.06. The standard InChI is InChI=1S/C21H25N3O5/c1-13(23-20(26)17-19(25)16(28-3)11-12-22-17)21(27)29-24(2)18(15-9-10-15)14-7-5-4-6-8-14/h4-8,11-13,15,18,25H,9-10H2,1-3H3,(H,23,26). The number of amides is 1. The minimum absolute atomic E-state index is 0.0350. The fourth-order valence-corrected chi connectivity index (χ4v) is 3.21. The Morgan fingerprint density at radius 3 is 2.55 bits per heavy atom. The molecule has 0 spiro atoms. The summed E-state index contributed by atoms with van der Waals surface area (Å²) in [6.45, 7) is 1.51. The minimum Gasteiger partial charge on any atom is -0.503 e. The number of ether oxygens (including phenoxy) is 1. The van der Waals surface area contributed by atoms with E-state index in [4.69, 9.17) is 9.57 Å². The summed E-state index contributed by atoms with van der Waals surface area (Å²) in [7, 11) is 3.09. The largest absolute Gasteiger partial charge is 0.503 e. The first-order valence-corrected chi connectivity index (χ1v) is 9.44. The molecule has 1 amide bonds. The number of aromatic nitrogens is 1. The predicted octanol–water partition coefficient (Wildman–Crippen LogP) is 2.46. The molecule has 1 heterocycles. The number of carbonyl (C=O) groups is 2. The van der Waals surface area contributed by atoms with E-state index < -0.39 is 17.9 Å². The van der Waals surface area contributed by atoms with Gasteiger partial charge in [-0.1, -0.05) is 30.3 Å². The zero-order valence-electron chi connectivity index (χ0n) is 16.7. The van der Waals surface area contributed by atoms with Crippen molar-refractivity contribution in [2.75, 3.05) is 14.2 Å². The van der Waals surface area contributed by atoms with E-state index in [1.54, 1.807) is 12.1 Å². The number of pyridine rings is 1. The van der Waals surface area contributed by atoms with Gasteiger partial charge in [-0.05, 0) is 31.2 Å². The third-order valence-electron chi connectivity index (χ3n) is 4.86. The van der Waals surface area contributed by atoms with Crippen LogP contribution in [0.15, 0.2) is 42.6 Å². The van der Waals surface area contributed by atoms with E-state index >= 15 is 0 Å². The summed E-state index contributed by atoms with van der Waals surface area (Å²) >= 11 is 0. The maximum Gasteiger partial charge on any atom is 0.347 e. The van der Waals surface area contributed by atoms with Gasteiger partial charge in [0, 0.05) is 19.3 Å². The Morgan fingerprint density at radius 2 is 1.93 bits per heavy atom. The molecule has 2 unspecified atom stereocenters. The van der Waals surface area contributed by atoms with Crippen LogP contribution in [-0.2, 0) is 9.63 Å². The maximum atomic E-state index is 12.5. The highest BCUT2D eigenvalue weighted by Crippen LogP contribution is 2.44. The number of nitrogens with one attached hydrogen (secondary N) is 1. The lowest BCUT2D eigenvalue weighted by molar-refractivity contribution is -0.198. The van der Waals surface area contributed by atoms with Crippen LogP contribution in [0.5, 0.6) is 11.5 Å². The highest BCUT2D eigenvalue weighted by Gasteiger charge is 2.37. The Kier molecular flexibility index (Phi) is 6.33. The average molecular weight is 399 g/mol. The number of hydroxylamine groups is 2. The molecule has 1 aliphatic rings. The third kappa shape index (κ3) is 4.83. The number of rotatable bonds is 8. The molecule has 154 valence electrons. The predicted molar refractivity (Wildman–Crippen MR) is 105 cm³/mol. The van der Waals surface area contributed by atoms with Gasteiger partial charge < -0.3 is 20.0 Å². The Bertz CT molecular complexity index is 870. The normalized spacial score (nSPS) is 15.4. The van der Waals surface area contributed by atoms with Crippen molar-refractivity contribution < 1.29 is 24.3 Å². The number of carbonyl (C=O) groups excluding carboxylic acids is 2. The zero-order chi connectivity index (χ0) is 21.0. The number of hydrogen-bond donors (Lipinski definition) is 2. The van der Waals surface area contributed by atoms with Crippen LogP contribution in [0.1, 0.15) is 41.9 Å². The monoisotopic (exact) mass is 399 g/mol. The molecule has 0 bridgehead atoms. The fourth-order valence-electron chi connectivity index (χ4n) is 3.21. The van der Waals surface area contributed by atoms with Gasteiger partial charge in [0.25, 0.3) is 5.91 Å². The number of hydrogen-bond acceptors (Lipinski definition) is 7. The lowest BCUT2D eigenvalue weighted by atomic mass is 10.0. The van der Waals surface area contributed by atoms with Gasteiger partial charge in [-0.3, -0.25) is 4.79 Å². The molecule has 29 heavy (non-hydrogen) atoms. The lowest BCUT2D eigenvalue weighted by Gasteiger charge is -2.28. The molecule has 1 aromatic carbocycles. The second-order valence-electron chi connectivity index (χ2n) is 7.06. The van der Waals surface area contributed by atoms with Gasteiger partial charge in [0.2, 0.25) is 0 Å². The summed E-state index contributed by atoms with van der Waals surface area (Å²) in [5, 5.41) is 14.1. The number of aromatic hydroxyl groups is 1. The highest BCUT2D eigenvalue weighted by atomic mass is 16.7. The zero-order valence-corrected chi connectivity index (χ0v) is 16.7. The molecule has 3 rings (SSSR count). The first-order chi connectivity index (χ1) is 13.9. The molecule has 2 N–H and O–H groups in total. The van der Waals surface area contributed by atoms with Gasteiger partial charge in [-0.25, -0.2) is 9.78 Å². The molecule has 8 nitrogen and oxygen atoms in total. The second kappa shape index (κ2) is 8.91. The van der Waals surface area contributed by atoms with Crippen LogP contribution in [0.25, 0.3) is 0 Å². The van der Waals surface area contributed by atoms with E-state index in [2.05, 4.69) is 10.3 Å². The van der Waals surface area contributed by atoms with Gasteiger partial charge in [-0.2, -0.15) is 0 Å². The maximum absolute atomic E-state index is 12.5. The molecule has 0 aliphatic heterocycles. The third-order valence-corrected chi connectivity index (χ3v) is 4.86. The SMILES string of the molecule is COc1ccnc(C(=O)NC(C)C(=O)ON(C)C(c2ccccc2)C2CC2)c1O. The van der Waals surface area contributed by atoms with Gasteiger partial charge in [0.15, 0.2) is 17.2 Å². The first-order valence-electron chi connectivity index (χ1n) is 9.44. The van der Waals surface area contributed by atoms with Crippen molar-refractivity contribution in [1.29, 1.82) is 0 Å². The molecular weight excluding hydrogens is 374 g/mol. The molecule has 1 aromatic heterocycles. The molecule has 1 aliphatic carbocycles. The van der Waals surface area contributed by atoms with Crippen molar-refractivity contribution in [3.63, 3.8) is 0 Å². The summed E-state index contributed by atoms with van der Waals surface area (Å²) in [5.41, 5.74) is 0.852. The van der Waals surface area contributed by atoms with Crippen LogP contribution in [0.4, 0.5) is 0 Å². The first kappa shape index (κ1) is 20.6. The Labute approximate surface area is 169 Å². The molecule has 8 heteroatoms. The van der Waals surface area contributed by atoms with Crippen LogP contribution >= 0.6 is 0 Å². The summed E-state index contributed by atoms with van der Waals surface area (Å²) in [4.78, 5) is 34.3. The molecule has 0 saturated heterocycles. The Hall–Kier alpha value is -3.13. The van der Waals surface area contributed by atoms with Crippen molar-refractivity contribution in [3.8, 4) is 11.5 Å². The molecule has 1 saturated carbocycles. The summed E-state index contributed by atoms with van der Waals surface area (Å²) in [6, 6.07) is 10.3. The fraction of sp³-hybridized carbons (Fsp3) is 0.381. The van der Waals surface area contributed by atoms with Crippen molar-refractivity contribution in [3.05, 3.63) is 53.9 Å². The van der Waals surface area contributed by atoms with Crippen LogP contribution in [0, 0.1) is 5.92 Å². The van der Waals surface area contributed by atoms with E-state index in [0.29, 0.717) is 5.92 Å². The average Bonchev–Trinajstić information content (AvgIpc) is 3.54. The summed E-state index contributed by atoms with van der Waals surface area (Å²) in [6.07, 6.45) is 3.49. The Morgan fingerprint density at radius 1 is 1.24 bits per heavy atom. The van der Waals surface area contributed by atoms with Crippen molar-refractivity contribution in [2.45, 2.75) is 31.8 Å². The van der Waals surface area contributed by atoms with Crippen molar-refractivity contribution >= 4 is 11.9 Å². The quantitative estimate of drug-likeness (QED) is 0.658. The van der Waals surface area contributed by atoms with Crippen LogP contribution in [-0.4, -0.2) is 47.2 Å². The van der Waals surface area contributed by atoms with Crippen LogP contribution < -0.4 is 10.1 Å². The molecular formula is C21H25N3O5. The number of benzene rings is 1. The topological polar surface area (TPSA) is 101 Å². The van der Waals surface area contributed by atoms with E-state index in [-0.39, 0.29) is 23.2 Å². The van der Waals surface area contributed by atoms with Crippen LogP contribution in [0.2, 0.25) is 0 Å². The van der Waals surface area contributed by atoms with Crippen molar-refractivity contribution in [1.82, 2.24) is 15.4 Å². The van der Waals surface area contributed by atoms with Gasteiger partial charge in [-0.15, -0.1) is 5.06 Å². The van der Waals surface area contributed by atoms with E-state index in [9.17, 15) is 14.7 Å². The van der Waals surface area contributed by atoms with Gasteiger partial charge >= 0.3 is 5.97 Å². The summed E-state index contributed by atoms with van der Waals surface area (Å²) < 4.78 is 4.97. The highest BCUT2D eigenvalue weighted by molar-refractivity contribution is 5.97. The minimum atomic E-state index is -0.937. The molecule has 1 fully saturated rings. The molecule has 2 aromatic rings. The van der Waals surface area contributed by atoms with Crippen LogP contribution in [0.3, 0.4) is 0 Å². The van der Waals surface area contributed by atoms with E-state index in [1.807, 2.05) is 30.3 Å². The smallest absolute Gasteiger partial charge is 0.347 e. The van der Waals surface area contributed by atoms with Crippen molar-refractivity contribution in [2.24, 2.45) is 5.92 Å². The van der Waals surface area contributed by atoms with E-state index in [0.717, 1.165) is 18.4 Å². The van der Waals surface area contributed by atoms with Gasteiger partial charge in [0.1, 0.15) is 6.04 Å². The summed E-state index contributed by atoms with van der Waals surface area (Å²) in [5.74, 6) is -1.14. The molecule has 2 atom stereocenters. The lowest BCUT2D eigenvalue weighted by Crippen LogP contribution is -2.42.